The fourth-order valence-corrected chi connectivity index (χ4v) is 4.50. The van der Waals surface area contributed by atoms with Crippen LogP contribution in [0, 0.1) is 0 Å². The molecule has 2 aromatic rings. The minimum Gasteiger partial charge on any atom is -0.495 e. The average Bonchev–Trinajstić information content (AvgIpc) is 3.19. The number of hydroxylamine groups is 2. The van der Waals surface area contributed by atoms with Gasteiger partial charge in [0.05, 0.1) is 35.6 Å². The Balaban J connectivity index is 1.71. The van der Waals surface area contributed by atoms with Crippen molar-refractivity contribution in [2.24, 2.45) is 0 Å². The van der Waals surface area contributed by atoms with Gasteiger partial charge in [0.2, 0.25) is 0 Å². The first-order chi connectivity index (χ1) is 16.3. The average molecular weight is 484 g/mol. The molecule has 2 aromatic carbocycles. The second-order valence-corrected chi connectivity index (χ2v) is 10.9. The summed E-state index contributed by atoms with van der Waals surface area (Å²) in [4.78, 5) is 46.7. The van der Waals surface area contributed by atoms with Crippen LogP contribution in [0.5, 0.6) is 5.75 Å². The molecule has 0 saturated carbocycles. The monoisotopic (exact) mass is 483 g/mol. The molecule has 2 aliphatic heterocycles. The number of methoxy groups -OCH3 is 1. The summed E-state index contributed by atoms with van der Waals surface area (Å²) in [7, 11) is 1.55. The van der Waals surface area contributed by atoms with E-state index in [1.165, 1.54) is 0 Å². The van der Waals surface area contributed by atoms with Crippen LogP contribution in [-0.2, 0) is 9.57 Å². The van der Waals surface area contributed by atoms with Gasteiger partial charge in [-0.1, -0.05) is 12.1 Å². The maximum atomic E-state index is 13.3. The van der Waals surface area contributed by atoms with Crippen molar-refractivity contribution in [3.63, 3.8) is 0 Å². The van der Waals surface area contributed by atoms with Crippen molar-refractivity contribution in [1.29, 1.82) is 0 Å². The van der Waals surface area contributed by atoms with Gasteiger partial charge in [0.1, 0.15) is 11.4 Å². The van der Waals surface area contributed by atoms with E-state index in [-0.39, 0.29) is 6.04 Å². The molecule has 0 spiro atoms. The molecule has 0 aromatic heterocycles. The van der Waals surface area contributed by atoms with Gasteiger partial charge >= 0.3 is 6.09 Å². The Morgan fingerprint density at radius 1 is 1.03 bits per heavy atom. The Morgan fingerprint density at radius 2 is 1.71 bits per heavy atom. The first-order valence-corrected chi connectivity index (χ1v) is 11.7. The van der Waals surface area contributed by atoms with Crippen LogP contribution >= 0.6 is 0 Å². The number of carbonyl (C=O) groups is 3. The predicted molar refractivity (Wildman–Crippen MR) is 132 cm³/mol. The van der Waals surface area contributed by atoms with Gasteiger partial charge in [-0.2, -0.15) is 0 Å². The summed E-state index contributed by atoms with van der Waals surface area (Å²) in [6, 6.07) is 6.94. The first-order valence-electron chi connectivity index (χ1n) is 11.7. The van der Waals surface area contributed by atoms with Crippen molar-refractivity contribution in [3.05, 3.63) is 35.4 Å². The number of benzene rings is 2. The Labute approximate surface area is 205 Å². The van der Waals surface area contributed by atoms with E-state index >= 15 is 0 Å². The lowest BCUT2D eigenvalue weighted by molar-refractivity contribution is -0.168. The van der Waals surface area contributed by atoms with E-state index in [0.717, 1.165) is 22.6 Å². The second-order valence-electron chi connectivity index (χ2n) is 10.9. The Hall–Kier alpha value is -3.33. The normalized spacial score (nSPS) is 18.3. The van der Waals surface area contributed by atoms with Crippen LogP contribution < -0.4 is 15.0 Å². The molecule has 1 fully saturated rings. The number of rotatable bonds is 4. The quantitative estimate of drug-likeness (QED) is 0.649. The van der Waals surface area contributed by atoms with Crippen LogP contribution in [0.2, 0.25) is 0 Å². The van der Waals surface area contributed by atoms with E-state index in [0.29, 0.717) is 35.4 Å². The molecule has 35 heavy (non-hydrogen) atoms. The molecule has 0 bridgehead atoms. The van der Waals surface area contributed by atoms with Crippen molar-refractivity contribution in [3.8, 4) is 5.75 Å². The lowest BCUT2D eigenvalue weighted by atomic mass is 9.93. The molecular weight excluding hydrogens is 450 g/mol. The van der Waals surface area contributed by atoms with Crippen LogP contribution in [0.1, 0.15) is 68.7 Å². The molecule has 3 amide bonds. The number of hydrogen-bond acceptors (Lipinski definition) is 7. The lowest BCUT2D eigenvalue weighted by Gasteiger charge is -2.33. The van der Waals surface area contributed by atoms with Crippen LogP contribution in [0.25, 0.3) is 10.8 Å². The summed E-state index contributed by atoms with van der Waals surface area (Å²) in [5.41, 5.74) is 0.223. The number of anilines is 1. The summed E-state index contributed by atoms with van der Waals surface area (Å²) in [5, 5.41) is 5.09. The van der Waals surface area contributed by atoms with E-state index in [4.69, 9.17) is 14.3 Å². The predicted octanol–water partition coefficient (Wildman–Crippen LogP) is 4.28. The van der Waals surface area contributed by atoms with E-state index in [9.17, 15) is 14.4 Å². The lowest BCUT2D eigenvalue weighted by Crippen LogP contribution is -2.45. The van der Waals surface area contributed by atoms with E-state index < -0.39 is 29.1 Å². The molecular formula is C26H33N3O6. The van der Waals surface area contributed by atoms with E-state index in [1.54, 1.807) is 46.1 Å². The molecule has 1 unspecified atom stereocenters. The van der Waals surface area contributed by atoms with Crippen molar-refractivity contribution in [1.82, 2.24) is 10.4 Å². The van der Waals surface area contributed by atoms with Crippen LogP contribution in [0.4, 0.5) is 10.5 Å². The highest BCUT2D eigenvalue weighted by atomic mass is 16.7. The second kappa shape index (κ2) is 8.71. The largest absolute Gasteiger partial charge is 0.495 e. The van der Waals surface area contributed by atoms with Gasteiger partial charge in [0.15, 0.2) is 0 Å². The van der Waals surface area contributed by atoms with Gasteiger partial charge < -0.3 is 19.7 Å². The zero-order valence-corrected chi connectivity index (χ0v) is 21.4. The molecule has 9 heteroatoms. The van der Waals surface area contributed by atoms with Crippen molar-refractivity contribution in [2.45, 2.75) is 65.2 Å². The van der Waals surface area contributed by atoms with Crippen molar-refractivity contribution < 1.29 is 28.7 Å². The van der Waals surface area contributed by atoms with Crippen molar-refractivity contribution in [2.75, 3.05) is 25.1 Å². The number of nitrogens with zero attached hydrogens (tertiary/aromatic N) is 2. The number of hydrogen-bond donors (Lipinski definition) is 1. The number of ether oxygens (including phenoxy) is 2. The Morgan fingerprint density at radius 3 is 2.34 bits per heavy atom. The molecule has 188 valence electrons. The summed E-state index contributed by atoms with van der Waals surface area (Å²) in [5.74, 6) is -0.504. The van der Waals surface area contributed by atoms with Crippen LogP contribution in [0.15, 0.2) is 24.3 Å². The molecule has 2 heterocycles. The highest BCUT2D eigenvalue weighted by molar-refractivity contribution is 6.26. The maximum Gasteiger partial charge on any atom is 0.407 e. The number of amides is 3. The van der Waals surface area contributed by atoms with Crippen molar-refractivity contribution >= 4 is 34.4 Å². The highest BCUT2D eigenvalue weighted by Crippen LogP contribution is 2.43. The number of alkyl carbamates (subject to hydrolysis) is 1. The van der Waals surface area contributed by atoms with Crippen LogP contribution in [0.3, 0.4) is 0 Å². The van der Waals surface area contributed by atoms with Gasteiger partial charge in [0, 0.05) is 23.9 Å². The van der Waals surface area contributed by atoms with E-state index in [2.05, 4.69) is 10.2 Å². The number of imide groups is 1. The fourth-order valence-electron chi connectivity index (χ4n) is 4.50. The fraction of sp³-hybridized carbons (Fsp3) is 0.500. The zero-order valence-electron chi connectivity index (χ0n) is 21.4. The number of carbonyl (C=O) groups excluding carboxylic acids is 3. The summed E-state index contributed by atoms with van der Waals surface area (Å²) in [6.45, 7) is 12.0. The highest BCUT2D eigenvalue weighted by Gasteiger charge is 2.39. The standard InChI is InChI=1S/C26H33N3O6/c1-25(2,3)34-24(32)27-15-11-12-28(14-15)21-16-9-8-10-17-20(16)18(13-19(21)33-7)23(31)29(22(17)30)35-26(4,5)6/h8-10,13,15H,11-12,14H2,1-7H3,(H,27,32). The Bertz CT molecular complexity index is 1190. The summed E-state index contributed by atoms with van der Waals surface area (Å²) < 4.78 is 11.1. The third-order valence-electron chi connectivity index (χ3n) is 5.74. The first kappa shape index (κ1) is 24.8. The summed E-state index contributed by atoms with van der Waals surface area (Å²) >= 11 is 0. The molecule has 1 saturated heterocycles. The molecule has 0 aliphatic carbocycles. The molecule has 4 rings (SSSR count). The third kappa shape index (κ3) is 4.91. The van der Waals surface area contributed by atoms with Gasteiger partial charge in [-0.05, 0) is 60.1 Å². The van der Waals surface area contributed by atoms with Gasteiger partial charge in [-0.25, -0.2) is 4.79 Å². The minimum atomic E-state index is -0.730. The molecule has 9 nitrogen and oxygen atoms in total. The topological polar surface area (TPSA) is 97.4 Å². The molecule has 1 atom stereocenters. The van der Waals surface area contributed by atoms with Crippen LogP contribution in [-0.4, -0.2) is 60.4 Å². The molecule has 0 radical (unpaired) electrons. The molecule has 2 aliphatic rings. The smallest absolute Gasteiger partial charge is 0.407 e. The SMILES string of the molecule is COc1cc2c3c(cccc3c1N1CCC(NC(=O)OC(C)(C)C)C1)C(=O)N(OC(C)(C)C)C2=O. The van der Waals surface area contributed by atoms with Gasteiger partial charge in [0.25, 0.3) is 11.8 Å². The van der Waals surface area contributed by atoms with E-state index in [1.807, 2.05) is 26.8 Å². The van der Waals surface area contributed by atoms with Gasteiger partial charge in [-0.15, -0.1) is 5.06 Å². The van der Waals surface area contributed by atoms with Gasteiger partial charge in [-0.3, -0.25) is 14.4 Å². The minimum absolute atomic E-state index is 0.112. The zero-order chi connectivity index (χ0) is 25.7. The summed E-state index contributed by atoms with van der Waals surface area (Å²) in [6.07, 6.45) is 0.263. The Kier molecular flexibility index (Phi) is 6.17. The third-order valence-corrected chi connectivity index (χ3v) is 5.74. The number of nitrogens with one attached hydrogen (secondary N) is 1. The maximum absolute atomic E-state index is 13.3. The molecule has 1 N–H and O–H groups in total.